The molecule has 4 saturated heterocycles. The van der Waals surface area contributed by atoms with Crippen LogP contribution < -0.4 is 49.1 Å². The third-order valence-electron chi connectivity index (χ3n) is 13.4. The number of aliphatic hydroxyl groups excluding tert-OH is 2. The predicted octanol–water partition coefficient (Wildman–Crippen LogP) is -5.90. The quantitative estimate of drug-likeness (QED) is 0.0258. The zero-order valence-corrected chi connectivity index (χ0v) is 41.7. The van der Waals surface area contributed by atoms with E-state index in [1.165, 1.54) is 47.3 Å². The predicted molar refractivity (Wildman–Crippen MR) is 256 cm³/mol. The van der Waals surface area contributed by atoms with Gasteiger partial charge in [0.1, 0.15) is 54.4 Å². The number of aliphatic imine (C=N–C) groups is 1. The minimum Gasteiger partial charge on any atom is -0.394 e. The largest absolute Gasteiger partial charge is 0.394 e. The van der Waals surface area contributed by atoms with Crippen LogP contribution in [0.25, 0.3) is 0 Å². The highest BCUT2D eigenvalue weighted by Gasteiger charge is 2.44. The molecule has 0 bridgehead atoms. The summed E-state index contributed by atoms with van der Waals surface area (Å²) in [6, 6.07) is -10.3. The van der Waals surface area contributed by atoms with E-state index in [1.54, 1.807) is 6.92 Å². The van der Waals surface area contributed by atoms with E-state index in [0.717, 1.165) is 0 Å². The zero-order chi connectivity index (χ0) is 53.6. The van der Waals surface area contributed by atoms with Gasteiger partial charge in [-0.3, -0.25) is 57.7 Å². The van der Waals surface area contributed by atoms with E-state index in [1.807, 2.05) is 0 Å². The molecule has 0 aromatic heterocycles. The van der Waals surface area contributed by atoms with Crippen LogP contribution in [0.15, 0.2) is 4.99 Å². The Morgan fingerprint density at radius 1 is 0.583 bits per heavy atom. The standard InChI is InChI=1S/C45H74N14O13/c1-23(11-6-16-49-45(47)48)41(69)56-17-8-13-30(56)39(67)52-25(3)42(70)57-18-7-12-29(57)37(65)50-21-33(62)54-28(22-60)36(64)55-34(27(5)61)40(68)53-26(4)43(71)59-20-10-15-32(59)44(72)58-19-9-14-31(58)38(66)51-24(2)35(46)63/h23-32,34,60-61H,6-22H2,1-5H3,(H2,46,63)(H,50,65)(H,51,66)(H,52,67)(H,53,68)(H,54,62)(H,55,64)(H4,47,48,49)/t23-,24-,25-,26-,27?,28-,29-,30-,31-,32-,34-/m0/s1. The van der Waals surface area contributed by atoms with Crippen molar-refractivity contribution in [2.24, 2.45) is 28.1 Å². The second-order valence-corrected chi connectivity index (χ2v) is 18.9. The number of likely N-dealkylation sites (tertiary alicyclic amines) is 4. The summed E-state index contributed by atoms with van der Waals surface area (Å²) in [6.45, 7) is 6.88. The number of carbonyl (C=O) groups is 11. The molecular weight excluding hydrogens is 945 g/mol. The highest BCUT2D eigenvalue weighted by molar-refractivity contribution is 5.99. The number of hydrogen-bond acceptors (Lipinski definition) is 14. The second-order valence-electron chi connectivity index (χ2n) is 18.9. The summed E-state index contributed by atoms with van der Waals surface area (Å²) in [5.41, 5.74) is 16.0. The Balaban J connectivity index is 1.25. The van der Waals surface area contributed by atoms with Gasteiger partial charge in [-0.05, 0) is 91.9 Å². The summed E-state index contributed by atoms with van der Waals surface area (Å²) >= 11 is 0. The van der Waals surface area contributed by atoms with Crippen LogP contribution in [0.1, 0.15) is 98.8 Å². The first kappa shape index (κ1) is 57.9. The van der Waals surface area contributed by atoms with E-state index >= 15 is 0 Å². The Kier molecular flexibility index (Phi) is 21.5. The van der Waals surface area contributed by atoms with Crippen LogP contribution in [0, 0.1) is 5.92 Å². The van der Waals surface area contributed by atoms with E-state index in [2.05, 4.69) is 36.9 Å². The van der Waals surface area contributed by atoms with Crippen LogP contribution in [0.3, 0.4) is 0 Å². The summed E-state index contributed by atoms with van der Waals surface area (Å²) in [5.74, 6) is -7.82. The van der Waals surface area contributed by atoms with Crippen molar-refractivity contribution in [3.05, 3.63) is 0 Å². The molecule has 4 aliphatic rings. The molecule has 402 valence electrons. The molecule has 4 aliphatic heterocycles. The molecule has 0 saturated carbocycles. The van der Waals surface area contributed by atoms with Crippen molar-refractivity contribution in [1.29, 1.82) is 0 Å². The summed E-state index contributed by atoms with van der Waals surface area (Å²) in [7, 11) is 0. The van der Waals surface area contributed by atoms with Crippen LogP contribution >= 0.6 is 0 Å². The maximum atomic E-state index is 13.7. The SMILES string of the molecule is CC(O)[C@H](NC(=O)[C@H](CO)NC(=O)CNC(=O)[C@@H]1CCCN1C(=O)[C@H](C)NC(=O)[C@@H]1CCCN1C(=O)[C@@H](C)CCCN=C(N)N)C(=O)N[C@@H](C)C(=O)N1CCC[C@H]1C(=O)N1CCC[C@H]1C(=O)N[C@@H](C)C(N)=O. The number of rotatable bonds is 23. The molecule has 0 aromatic rings. The van der Waals surface area contributed by atoms with Crippen LogP contribution in [0.2, 0.25) is 0 Å². The van der Waals surface area contributed by atoms with Gasteiger partial charge in [-0.25, -0.2) is 0 Å². The number of nitrogens with zero attached hydrogens (tertiary/aromatic N) is 5. The molecule has 11 amide bonds. The molecular formula is C45H74N14O13. The number of nitrogens with one attached hydrogen (secondary N) is 6. The van der Waals surface area contributed by atoms with Crippen molar-refractivity contribution in [1.82, 2.24) is 51.5 Å². The van der Waals surface area contributed by atoms with Crippen molar-refractivity contribution < 1.29 is 63.0 Å². The molecule has 0 aromatic carbocycles. The van der Waals surface area contributed by atoms with Gasteiger partial charge in [0.2, 0.25) is 65.0 Å². The fourth-order valence-corrected chi connectivity index (χ4v) is 9.40. The number of aliphatic hydroxyl groups is 2. The number of guanidine groups is 1. The molecule has 27 nitrogen and oxygen atoms in total. The summed E-state index contributed by atoms with van der Waals surface area (Å²) in [5, 5.41) is 35.1. The fourth-order valence-electron chi connectivity index (χ4n) is 9.40. The van der Waals surface area contributed by atoms with Gasteiger partial charge >= 0.3 is 0 Å². The van der Waals surface area contributed by atoms with Gasteiger partial charge in [-0.2, -0.15) is 0 Å². The maximum Gasteiger partial charge on any atom is 0.246 e. The van der Waals surface area contributed by atoms with Crippen LogP contribution in [-0.2, 0) is 52.7 Å². The van der Waals surface area contributed by atoms with Gasteiger partial charge in [-0.1, -0.05) is 6.92 Å². The van der Waals surface area contributed by atoms with Gasteiger partial charge in [-0.15, -0.1) is 0 Å². The number of primary amides is 1. The van der Waals surface area contributed by atoms with E-state index in [9.17, 15) is 63.0 Å². The average Bonchev–Trinajstić information content (AvgIpc) is 4.19. The van der Waals surface area contributed by atoms with Crippen molar-refractivity contribution >= 4 is 70.9 Å². The van der Waals surface area contributed by atoms with Gasteiger partial charge in [0.05, 0.1) is 19.3 Å². The Morgan fingerprint density at radius 2 is 1.06 bits per heavy atom. The lowest BCUT2D eigenvalue weighted by atomic mass is 10.0. The highest BCUT2D eigenvalue weighted by Crippen LogP contribution is 2.27. The first-order valence-corrected chi connectivity index (χ1v) is 24.6. The number of hydrogen-bond donors (Lipinski definition) is 11. The smallest absolute Gasteiger partial charge is 0.246 e. The minimum atomic E-state index is -1.69. The molecule has 0 spiro atoms. The van der Waals surface area contributed by atoms with Crippen molar-refractivity contribution in [2.45, 2.75) is 159 Å². The zero-order valence-electron chi connectivity index (χ0n) is 41.7. The minimum absolute atomic E-state index is 0.0411. The lowest BCUT2D eigenvalue weighted by Gasteiger charge is -2.33. The third kappa shape index (κ3) is 15.2. The molecule has 0 radical (unpaired) electrons. The van der Waals surface area contributed by atoms with Crippen LogP contribution in [0.5, 0.6) is 0 Å². The van der Waals surface area contributed by atoms with Crippen molar-refractivity contribution in [3.8, 4) is 0 Å². The molecule has 4 fully saturated rings. The van der Waals surface area contributed by atoms with E-state index in [0.29, 0.717) is 64.5 Å². The topological polar surface area (TPSA) is 404 Å². The van der Waals surface area contributed by atoms with Crippen LogP contribution in [0.4, 0.5) is 0 Å². The van der Waals surface area contributed by atoms with E-state index < -0.39 is 133 Å². The first-order chi connectivity index (χ1) is 34.0. The molecule has 4 rings (SSSR count). The first-order valence-electron chi connectivity index (χ1n) is 24.6. The normalized spacial score (nSPS) is 22.5. The lowest BCUT2D eigenvalue weighted by molar-refractivity contribution is -0.148. The van der Waals surface area contributed by atoms with Gasteiger partial charge < -0.3 is 78.9 Å². The number of nitrogens with two attached hydrogens (primary N) is 3. The monoisotopic (exact) mass is 1020 g/mol. The Morgan fingerprint density at radius 3 is 1.58 bits per heavy atom. The Hall–Kier alpha value is -6.64. The number of carbonyl (C=O) groups excluding carboxylic acids is 11. The maximum absolute atomic E-state index is 13.7. The fraction of sp³-hybridized carbons (Fsp3) is 0.733. The van der Waals surface area contributed by atoms with Gasteiger partial charge in [0, 0.05) is 38.6 Å². The van der Waals surface area contributed by atoms with Gasteiger partial charge in [0.15, 0.2) is 5.96 Å². The molecule has 11 atom stereocenters. The summed E-state index contributed by atoms with van der Waals surface area (Å²) < 4.78 is 0. The van der Waals surface area contributed by atoms with E-state index in [-0.39, 0.29) is 50.3 Å². The van der Waals surface area contributed by atoms with Gasteiger partial charge in [0.25, 0.3) is 0 Å². The highest BCUT2D eigenvalue weighted by atomic mass is 16.3. The lowest BCUT2D eigenvalue weighted by Crippen LogP contribution is -2.61. The molecule has 14 N–H and O–H groups in total. The second kappa shape index (κ2) is 26.7. The molecule has 0 aliphatic carbocycles. The summed E-state index contributed by atoms with van der Waals surface area (Å²) in [4.78, 5) is 154. The summed E-state index contributed by atoms with van der Waals surface area (Å²) in [6.07, 6.45) is 2.82. The third-order valence-corrected chi connectivity index (χ3v) is 13.4. The number of amides is 11. The average molecular weight is 1020 g/mol. The van der Waals surface area contributed by atoms with Crippen LogP contribution in [-0.4, -0.2) is 207 Å². The molecule has 4 heterocycles. The molecule has 1 unspecified atom stereocenters. The molecule has 72 heavy (non-hydrogen) atoms. The van der Waals surface area contributed by atoms with Crippen molar-refractivity contribution in [2.75, 3.05) is 45.9 Å². The van der Waals surface area contributed by atoms with E-state index in [4.69, 9.17) is 17.2 Å². The Labute approximate surface area is 417 Å². The Bertz CT molecular complexity index is 2070. The van der Waals surface area contributed by atoms with Crippen molar-refractivity contribution in [3.63, 3.8) is 0 Å². The molecule has 27 heteroatoms.